The van der Waals surface area contributed by atoms with Crippen molar-refractivity contribution in [2.24, 2.45) is 11.8 Å². The summed E-state index contributed by atoms with van der Waals surface area (Å²) < 4.78 is 0. The van der Waals surface area contributed by atoms with E-state index in [2.05, 4.69) is 13.8 Å². The molecule has 0 bridgehead atoms. The third-order valence-corrected chi connectivity index (χ3v) is 3.82. The fourth-order valence-electron chi connectivity index (χ4n) is 2.92. The van der Waals surface area contributed by atoms with Crippen molar-refractivity contribution in [3.05, 3.63) is 22.8 Å². The van der Waals surface area contributed by atoms with Gasteiger partial charge >= 0.3 is 5.97 Å². The van der Waals surface area contributed by atoms with Gasteiger partial charge in [0.05, 0.1) is 0 Å². The smallest absolute Gasteiger partial charge is 0.331 e. The van der Waals surface area contributed by atoms with Crippen molar-refractivity contribution in [1.82, 2.24) is 0 Å². The van der Waals surface area contributed by atoms with Gasteiger partial charge in [0.1, 0.15) is 0 Å². The number of aliphatic carboxylic acids is 1. The fourth-order valence-corrected chi connectivity index (χ4v) is 2.92. The van der Waals surface area contributed by atoms with Crippen LogP contribution in [0.4, 0.5) is 0 Å². The Balaban J connectivity index is 2.48. The Morgan fingerprint density at radius 2 is 2.06 bits per heavy atom. The van der Waals surface area contributed by atoms with Crippen LogP contribution in [0.15, 0.2) is 22.8 Å². The predicted molar refractivity (Wildman–Crippen MR) is 64.5 cm³/mol. The molecular weight excluding hydrogens is 216 g/mol. The molecule has 0 saturated heterocycles. The van der Waals surface area contributed by atoms with Gasteiger partial charge in [-0.15, -0.1) is 0 Å². The van der Waals surface area contributed by atoms with E-state index in [0.29, 0.717) is 36.7 Å². The van der Waals surface area contributed by atoms with Crippen LogP contribution in [-0.2, 0) is 9.59 Å². The zero-order chi connectivity index (χ0) is 12.6. The Morgan fingerprint density at radius 1 is 1.35 bits per heavy atom. The van der Waals surface area contributed by atoms with E-state index in [1.807, 2.05) is 0 Å². The maximum atomic E-state index is 11.5. The SMILES string of the molecule is CC(C)[C@H]1CCC(C(=O)O)=C2CCC(=O)C=C21. The van der Waals surface area contributed by atoms with Crippen molar-refractivity contribution < 1.29 is 14.7 Å². The molecule has 3 nitrogen and oxygen atoms in total. The highest BCUT2D eigenvalue weighted by atomic mass is 16.4. The lowest BCUT2D eigenvalue weighted by atomic mass is 9.71. The Kier molecular flexibility index (Phi) is 3.18. The number of carboxylic acids is 1. The number of hydrogen-bond donors (Lipinski definition) is 1. The largest absolute Gasteiger partial charge is 0.478 e. The number of rotatable bonds is 2. The molecule has 0 aromatic carbocycles. The molecule has 0 spiro atoms. The molecule has 0 radical (unpaired) electrons. The minimum absolute atomic E-state index is 0.140. The van der Waals surface area contributed by atoms with Crippen LogP contribution in [0.25, 0.3) is 0 Å². The number of carboxylic acid groups (broad SMARTS) is 1. The first-order chi connectivity index (χ1) is 8.00. The topological polar surface area (TPSA) is 54.4 Å². The summed E-state index contributed by atoms with van der Waals surface area (Å²) in [4.78, 5) is 22.7. The molecule has 0 heterocycles. The first-order valence-corrected chi connectivity index (χ1v) is 6.20. The monoisotopic (exact) mass is 234 g/mol. The van der Waals surface area contributed by atoms with Crippen molar-refractivity contribution in [3.63, 3.8) is 0 Å². The predicted octanol–water partition coefficient (Wildman–Crippen LogP) is 2.72. The Bertz CT molecular complexity index is 427. The van der Waals surface area contributed by atoms with E-state index in [-0.39, 0.29) is 5.78 Å². The van der Waals surface area contributed by atoms with Crippen LogP contribution in [0.5, 0.6) is 0 Å². The highest BCUT2D eigenvalue weighted by Crippen LogP contribution is 2.42. The van der Waals surface area contributed by atoms with E-state index in [0.717, 1.165) is 17.6 Å². The molecule has 92 valence electrons. The summed E-state index contributed by atoms with van der Waals surface area (Å²) in [5, 5.41) is 9.20. The number of hydrogen-bond acceptors (Lipinski definition) is 2. The molecule has 2 aliphatic carbocycles. The molecule has 0 fully saturated rings. The summed E-state index contributed by atoms with van der Waals surface area (Å²) in [6.07, 6.45) is 4.24. The summed E-state index contributed by atoms with van der Waals surface area (Å²) >= 11 is 0. The minimum atomic E-state index is -0.817. The summed E-state index contributed by atoms with van der Waals surface area (Å²) in [7, 11) is 0. The van der Waals surface area contributed by atoms with Crippen molar-refractivity contribution in [2.75, 3.05) is 0 Å². The molecule has 0 aliphatic heterocycles. The molecule has 2 aliphatic rings. The van der Waals surface area contributed by atoms with Gasteiger partial charge in [0.25, 0.3) is 0 Å². The first-order valence-electron chi connectivity index (χ1n) is 6.20. The zero-order valence-electron chi connectivity index (χ0n) is 10.3. The number of ketones is 1. The molecule has 1 N–H and O–H groups in total. The van der Waals surface area contributed by atoms with Gasteiger partial charge in [0.15, 0.2) is 5.78 Å². The lowest BCUT2D eigenvalue weighted by Crippen LogP contribution is -2.25. The molecule has 0 aromatic rings. The summed E-state index contributed by atoms with van der Waals surface area (Å²) in [6.45, 7) is 4.27. The number of carbonyl (C=O) groups is 2. The summed E-state index contributed by atoms with van der Waals surface area (Å²) in [5.41, 5.74) is 2.46. The maximum Gasteiger partial charge on any atom is 0.331 e. The average Bonchev–Trinajstić information content (AvgIpc) is 2.26. The maximum absolute atomic E-state index is 11.5. The highest BCUT2D eigenvalue weighted by molar-refractivity contribution is 5.96. The lowest BCUT2D eigenvalue weighted by molar-refractivity contribution is -0.133. The molecule has 17 heavy (non-hydrogen) atoms. The van der Waals surface area contributed by atoms with Gasteiger partial charge in [-0.25, -0.2) is 4.79 Å². The van der Waals surface area contributed by atoms with Gasteiger partial charge in [-0.3, -0.25) is 4.79 Å². The molecule has 0 amide bonds. The Labute approximate surface area is 101 Å². The normalized spacial score (nSPS) is 24.8. The van der Waals surface area contributed by atoms with E-state index in [1.54, 1.807) is 6.08 Å². The van der Waals surface area contributed by atoms with Gasteiger partial charge in [0, 0.05) is 12.0 Å². The quantitative estimate of drug-likeness (QED) is 0.799. The van der Waals surface area contributed by atoms with Crippen LogP contribution >= 0.6 is 0 Å². The molecular formula is C14H18O3. The Hall–Kier alpha value is -1.38. The molecule has 0 unspecified atom stereocenters. The van der Waals surface area contributed by atoms with E-state index in [4.69, 9.17) is 0 Å². The second-order valence-corrected chi connectivity index (χ2v) is 5.22. The van der Waals surface area contributed by atoms with Gasteiger partial charge in [-0.2, -0.15) is 0 Å². The highest BCUT2D eigenvalue weighted by Gasteiger charge is 2.33. The summed E-state index contributed by atoms with van der Waals surface area (Å²) in [5.74, 6) is 0.123. The van der Waals surface area contributed by atoms with Crippen LogP contribution in [0.3, 0.4) is 0 Å². The zero-order valence-corrected chi connectivity index (χ0v) is 10.3. The van der Waals surface area contributed by atoms with Crippen molar-refractivity contribution in [3.8, 4) is 0 Å². The van der Waals surface area contributed by atoms with E-state index >= 15 is 0 Å². The third kappa shape index (κ3) is 2.19. The molecule has 2 rings (SSSR count). The van der Waals surface area contributed by atoms with Gasteiger partial charge in [0.2, 0.25) is 0 Å². The van der Waals surface area contributed by atoms with Crippen molar-refractivity contribution in [1.29, 1.82) is 0 Å². The van der Waals surface area contributed by atoms with Crippen molar-refractivity contribution in [2.45, 2.75) is 39.5 Å². The third-order valence-electron chi connectivity index (χ3n) is 3.82. The second kappa shape index (κ2) is 4.47. The Morgan fingerprint density at radius 3 is 2.65 bits per heavy atom. The fraction of sp³-hybridized carbons (Fsp3) is 0.571. The molecule has 3 heteroatoms. The van der Waals surface area contributed by atoms with Crippen LogP contribution < -0.4 is 0 Å². The number of fused-ring (bicyclic) bond motifs is 1. The average molecular weight is 234 g/mol. The lowest BCUT2D eigenvalue weighted by Gasteiger charge is -2.33. The van der Waals surface area contributed by atoms with Gasteiger partial charge in [-0.1, -0.05) is 13.8 Å². The first kappa shape index (κ1) is 12.1. The van der Waals surface area contributed by atoms with Crippen LogP contribution in [0, 0.1) is 11.8 Å². The minimum Gasteiger partial charge on any atom is -0.478 e. The molecule has 0 saturated carbocycles. The standard InChI is InChI=1S/C14H18O3/c1-8(2)10-5-6-12(14(16)17)11-4-3-9(15)7-13(10)11/h7-8,10H,3-6H2,1-2H3,(H,16,17)/t10-/m1/s1. The number of allylic oxidation sites excluding steroid dienone is 3. The second-order valence-electron chi connectivity index (χ2n) is 5.22. The van der Waals surface area contributed by atoms with Gasteiger partial charge < -0.3 is 5.11 Å². The van der Waals surface area contributed by atoms with Crippen LogP contribution in [0.1, 0.15) is 39.5 Å². The van der Waals surface area contributed by atoms with Crippen molar-refractivity contribution >= 4 is 11.8 Å². The van der Waals surface area contributed by atoms with E-state index in [1.165, 1.54) is 0 Å². The molecule has 1 atom stereocenters. The van der Waals surface area contributed by atoms with Crippen LogP contribution in [0.2, 0.25) is 0 Å². The molecule has 0 aromatic heterocycles. The van der Waals surface area contributed by atoms with E-state index in [9.17, 15) is 14.7 Å². The van der Waals surface area contributed by atoms with Gasteiger partial charge in [-0.05, 0) is 48.3 Å². The van der Waals surface area contributed by atoms with Crippen LogP contribution in [-0.4, -0.2) is 16.9 Å². The summed E-state index contributed by atoms with van der Waals surface area (Å²) in [6, 6.07) is 0. The van der Waals surface area contributed by atoms with E-state index < -0.39 is 5.97 Å². The number of carbonyl (C=O) groups excluding carboxylic acids is 1.